The topological polar surface area (TPSA) is 92.3 Å². The lowest BCUT2D eigenvalue weighted by atomic mass is 9.70. The first-order valence-electron chi connectivity index (χ1n) is 24.8. The smallest absolute Gasteiger partial charge is 0.349 e. The second kappa shape index (κ2) is 18.0. The minimum Gasteiger partial charge on any atom is -0.391 e. The zero-order valence-electron chi connectivity index (χ0n) is 41.6. The molecule has 0 amide bonds. The molecule has 0 N–H and O–H groups in total. The Hall–Kier alpha value is -2.52. The maximum atomic E-state index is 7.58. The number of hydrogen-bond acceptors (Lipinski definition) is 10. The van der Waals surface area contributed by atoms with E-state index < -0.39 is 48.8 Å². The highest BCUT2D eigenvalue weighted by Crippen LogP contribution is 2.59. The van der Waals surface area contributed by atoms with Gasteiger partial charge in [-0.25, -0.2) is 0 Å². The summed E-state index contributed by atoms with van der Waals surface area (Å²) in [5, 5.41) is -0.236. The van der Waals surface area contributed by atoms with Crippen molar-refractivity contribution in [1.82, 2.24) is 0 Å². The van der Waals surface area contributed by atoms with Crippen molar-refractivity contribution in [2.45, 2.75) is 221 Å². The van der Waals surface area contributed by atoms with E-state index in [9.17, 15) is 0 Å². The Labute approximate surface area is 396 Å². The Morgan fingerprint density at radius 1 is 0.561 bits per heavy atom. The van der Waals surface area contributed by atoms with Gasteiger partial charge in [-0.15, -0.1) is 0 Å². The SMILES string of the molecule is CC(C)(C)[Si]1(C(C)(C)C)OC[C@H]2O[C@@]3(C)C[C@H]4O[C@@]5(C)C[C@H]6O[C@@](C)(CCOCc7ccccc7)[C@H](OCc7ccccc7)[C@H](OCc7ccccc7)[C@]6(C)O[C@@H]5CC[C@]4(C)O[C@@H]3C[C@@H]2O1. The van der Waals surface area contributed by atoms with Crippen molar-refractivity contribution >= 4 is 8.56 Å². The van der Waals surface area contributed by atoms with Gasteiger partial charge in [-0.3, -0.25) is 0 Å². The van der Waals surface area contributed by atoms with Crippen molar-refractivity contribution in [3.63, 3.8) is 0 Å². The van der Waals surface area contributed by atoms with Crippen LogP contribution in [0.25, 0.3) is 0 Å². The van der Waals surface area contributed by atoms with Crippen molar-refractivity contribution in [3.8, 4) is 0 Å². The van der Waals surface area contributed by atoms with Crippen LogP contribution in [0.4, 0.5) is 0 Å². The average Bonchev–Trinajstić information content (AvgIpc) is 3.36. The molecular weight excluding hydrogens is 849 g/mol. The van der Waals surface area contributed by atoms with Gasteiger partial charge in [-0.2, -0.15) is 0 Å². The molecule has 10 nitrogen and oxygen atoms in total. The molecule has 13 atom stereocenters. The largest absolute Gasteiger partial charge is 0.391 e. The van der Waals surface area contributed by atoms with Crippen LogP contribution in [0.2, 0.25) is 10.1 Å². The zero-order chi connectivity index (χ0) is 46.8. The highest BCUT2D eigenvalue weighted by molar-refractivity contribution is 6.73. The molecule has 362 valence electrons. The Balaban J connectivity index is 0.996. The molecule has 11 heteroatoms. The third-order valence-corrected chi connectivity index (χ3v) is 21.4. The second-order valence-electron chi connectivity index (χ2n) is 23.5. The fraction of sp³-hybridized carbons (Fsp3) is 0.673. The van der Waals surface area contributed by atoms with Crippen LogP contribution >= 0.6 is 0 Å². The van der Waals surface area contributed by atoms with Gasteiger partial charge in [-0.05, 0) is 64.2 Å². The summed E-state index contributed by atoms with van der Waals surface area (Å²) in [7, 11) is -2.70. The monoisotopic (exact) mass is 927 g/mol. The van der Waals surface area contributed by atoms with Crippen LogP contribution in [0.5, 0.6) is 0 Å². The van der Waals surface area contributed by atoms with Crippen LogP contribution in [0.3, 0.4) is 0 Å². The fourth-order valence-electron chi connectivity index (χ4n) is 12.6. The van der Waals surface area contributed by atoms with Gasteiger partial charge in [0, 0.05) is 42.4 Å². The highest BCUT2D eigenvalue weighted by atomic mass is 28.4. The number of rotatable bonds is 11. The molecule has 0 spiro atoms. The molecule has 3 aromatic carbocycles. The summed E-state index contributed by atoms with van der Waals surface area (Å²) in [6.45, 7) is 27.0. The van der Waals surface area contributed by atoms with Crippen LogP contribution < -0.4 is 0 Å². The van der Waals surface area contributed by atoms with Crippen LogP contribution in [-0.2, 0) is 66.6 Å². The quantitative estimate of drug-likeness (QED) is 0.137. The molecule has 0 radical (unpaired) electrons. The van der Waals surface area contributed by atoms with E-state index in [-0.39, 0.29) is 46.7 Å². The van der Waals surface area contributed by atoms with Gasteiger partial charge in [0.1, 0.15) is 23.9 Å². The summed E-state index contributed by atoms with van der Waals surface area (Å²) < 4.78 is 71.9. The first-order chi connectivity index (χ1) is 31.2. The predicted octanol–water partition coefficient (Wildman–Crippen LogP) is 11.0. The molecule has 3 aromatic rings. The van der Waals surface area contributed by atoms with Crippen LogP contribution in [0, 0.1) is 0 Å². The van der Waals surface area contributed by atoms with E-state index in [1.165, 1.54) is 0 Å². The first-order valence-corrected chi connectivity index (χ1v) is 26.6. The van der Waals surface area contributed by atoms with Crippen LogP contribution in [0.1, 0.15) is 131 Å². The summed E-state index contributed by atoms with van der Waals surface area (Å²) in [6.07, 6.45) is 1.89. The van der Waals surface area contributed by atoms with E-state index in [0.29, 0.717) is 52.3 Å². The van der Waals surface area contributed by atoms with E-state index in [0.717, 1.165) is 36.0 Å². The van der Waals surface area contributed by atoms with Crippen LogP contribution in [-0.4, -0.2) is 98.6 Å². The van der Waals surface area contributed by atoms with Crippen molar-refractivity contribution in [1.29, 1.82) is 0 Å². The fourth-order valence-corrected chi connectivity index (χ4v) is 17.6. The van der Waals surface area contributed by atoms with Crippen molar-refractivity contribution in [3.05, 3.63) is 108 Å². The van der Waals surface area contributed by atoms with Gasteiger partial charge >= 0.3 is 8.56 Å². The molecule has 0 aromatic heterocycles. The summed E-state index contributed by atoms with van der Waals surface area (Å²) in [6, 6.07) is 31.0. The van der Waals surface area contributed by atoms with E-state index in [1.807, 2.05) is 30.3 Å². The van der Waals surface area contributed by atoms with E-state index in [2.05, 4.69) is 137 Å². The lowest BCUT2D eigenvalue weighted by Crippen LogP contribution is -2.75. The zero-order valence-corrected chi connectivity index (χ0v) is 42.6. The van der Waals surface area contributed by atoms with Crippen molar-refractivity contribution < 1.29 is 46.7 Å². The van der Waals surface area contributed by atoms with Crippen molar-refractivity contribution in [2.24, 2.45) is 0 Å². The minimum atomic E-state index is -2.70. The number of hydrogen-bond donors (Lipinski definition) is 0. The molecule has 0 bridgehead atoms. The Morgan fingerprint density at radius 3 is 1.68 bits per heavy atom. The first kappa shape index (κ1) is 48.5. The normalized spacial score (nSPS) is 39.9. The summed E-state index contributed by atoms with van der Waals surface area (Å²) in [4.78, 5) is 0. The number of fused-ring (bicyclic) bond motifs is 5. The maximum Gasteiger partial charge on any atom is 0.349 e. The molecule has 9 rings (SSSR count). The minimum absolute atomic E-state index is 0.0969. The average molecular weight is 927 g/mol. The van der Waals surface area contributed by atoms with E-state index in [1.54, 1.807) is 0 Å². The van der Waals surface area contributed by atoms with Crippen LogP contribution in [0.15, 0.2) is 91.0 Å². The Morgan fingerprint density at radius 2 is 1.09 bits per heavy atom. The van der Waals surface area contributed by atoms with Gasteiger partial charge in [0.15, 0.2) is 0 Å². The summed E-state index contributed by atoms with van der Waals surface area (Å²) in [5.41, 5.74) is -0.209. The predicted molar refractivity (Wildman–Crippen MR) is 256 cm³/mol. The Kier molecular flexibility index (Phi) is 13.2. The number of ether oxygens (including phenoxy) is 8. The van der Waals surface area contributed by atoms with Gasteiger partial charge in [0.25, 0.3) is 0 Å². The molecule has 6 saturated heterocycles. The lowest BCUT2D eigenvalue weighted by molar-refractivity contribution is -0.382. The molecular formula is C55H78O10Si. The molecule has 6 aliphatic rings. The highest BCUT2D eigenvalue weighted by Gasteiger charge is 2.69. The second-order valence-corrected chi connectivity index (χ2v) is 28.3. The Bertz CT molecular complexity index is 2080. The molecule has 0 aliphatic carbocycles. The molecule has 0 saturated carbocycles. The van der Waals surface area contributed by atoms with Gasteiger partial charge in [0.2, 0.25) is 0 Å². The third kappa shape index (κ3) is 9.07. The summed E-state index contributed by atoms with van der Waals surface area (Å²) in [5.74, 6) is 0. The molecule has 6 fully saturated rings. The van der Waals surface area contributed by atoms with Gasteiger partial charge < -0.3 is 46.7 Å². The maximum absolute atomic E-state index is 7.58. The number of benzene rings is 3. The molecule has 6 aliphatic heterocycles. The lowest BCUT2D eigenvalue weighted by Gasteiger charge is -2.63. The van der Waals surface area contributed by atoms with Gasteiger partial charge in [0.05, 0.1) is 79.4 Å². The van der Waals surface area contributed by atoms with E-state index in [4.69, 9.17) is 46.7 Å². The summed E-state index contributed by atoms with van der Waals surface area (Å²) >= 11 is 0. The van der Waals surface area contributed by atoms with Crippen molar-refractivity contribution in [2.75, 3.05) is 13.2 Å². The van der Waals surface area contributed by atoms with E-state index >= 15 is 0 Å². The third-order valence-electron chi connectivity index (χ3n) is 16.3. The molecule has 66 heavy (non-hydrogen) atoms. The molecule has 0 unspecified atom stereocenters. The standard InChI is InChI=1S/C55H78O10Si/c1-49(2,3)66(50(4,5)6)59-37-42-41(65-66)31-44-54(10,60-42)32-45-51(7,61-44)28-27-43-53(9,62-45)33-46-55(11,64-43)48(58-36-40-25-19-14-20-26-40)47(57-35-39-23-17-13-18-24-39)52(8,63-46)29-30-56-34-38-21-15-12-16-22-38/h12-26,41-48H,27-37H2,1-11H3/t41-,42+,43+,44+,45+,46+,47+,48-,51-,52-,53-,54-,55+/m0/s1. The van der Waals surface area contributed by atoms with Gasteiger partial charge in [-0.1, -0.05) is 133 Å². The molecule has 6 heterocycles.